The summed E-state index contributed by atoms with van der Waals surface area (Å²) in [6.45, 7) is 7.71. The van der Waals surface area contributed by atoms with Crippen molar-refractivity contribution in [3.8, 4) is 11.1 Å². The van der Waals surface area contributed by atoms with Crippen molar-refractivity contribution in [1.29, 1.82) is 0 Å². The Morgan fingerprint density at radius 3 is 2.19 bits per heavy atom. The molecule has 2 heteroatoms. The van der Waals surface area contributed by atoms with Gasteiger partial charge < -0.3 is 0 Å². The maximum atomic E-state index is 2.82. The molecule has 31 heavy (non-hydrogen) atoms. The van der Waals surface area contributed by atoms with E-state index in [4.69, 9.17) is 0 Å². The van der Waals surface area contributed by atoms with Gasteiger partial charge in [-0.1, -0.05) is 0 Å². The molecule has 3 aromatic rings. The number of fused-ring (bicyclic) bond motifs is 2. The molecule has 3 aromatic carbocycles. The van der Waals surface area contributed by atoms with Gasteiger partial charge >= 0.3 is 190 Å². The van der Waals surface area contributed by atoms with Crippen molar-refractivity contribution in [3.05, 3.63) is 107 Å². The van der Waals surface area contributed by atoms with Crippen molar-refractivity contribution in [3.63, 3.8) is 0 Å². The van der Waals surface area contributed by atoms with Crippen molar-refractivity contribution >= 4 is 18.1 Å². The second kappa shape index (κ2) is 7.39. The van der Waals surface area contributed by atoms with Crippen LogP contribution in [0.2, 0.25) is 22.5 Å². The third-order valence-corrected chi connectivity index (χ3v) is 75.6. The summed E-state index contributed by atoms with van der Waals surface area (Å²) in [5.74, 6) is -0.940. The van der Waals surface area contributed by atoms with Crippen LogP contribution in [0.15, 0.2) is 84.4 Å². The topological polar surface area (TPSA) is 0 Å². The Bertz CT molecular complexity index is 1220. The van der Waals surface area contributed by atoms with Gasteiger partial charge in [0.15, 0.2) is 0 Å². The second-order valence-electron chi connectivity index (χ2n) is 10.8. The third-order valence-electron chi connectivity index (χ3n) is 8.87. The fraction of sp³-hybridized carbons (Fsp3) is 0.241. The Balaban J connectivity index is 1.70. The molecule has 0 aromatic heterocycles. The molecule has 2 aliphatic rings. The standard InChI is InChI=1S/C15H11.C10H9.C2H7Si.2CH3.Hf/c1-2-6-12(7-3-1)14-10-4-8-13-9-5-11-15(13)14;1-8-6-9-4-2-3-5-10(9)7-8;1-3-2;;;/h1-11H;2-7H,1H3;3H,1-2H3;2*1H3;. The van der Waals surface area contributed by atoms with Crippen LogP contribution in [0.1, 0.15) is 36.5 Å². The minimum atomic E-state index is -3.49. The third kappa shape index (κ3) is 3.02. The van der Waals surface area contributed by atoms with E-state index in [1.807, 2.05) is 0 Å². The van der Waals surface area contributed by atoms with Crippen LogP contribution in [0.5, 0.6) is 0 Å². The normalized spacial score (nSPS) is 20.8. The monoisotopic (exact) mass is 589 g/mol. The average Bonchev–Trinajstić information content (AvgIpc) is 3.35. The molecule has 0 aliphatic heterocycles. The first kappa shape index (κ1) is 21.1. The van der Waals surface area contributed by atoms with Crippen LogP contribution in [0.3, 0.4) is 0 Å². The summed E-state index contributed by atoms with van der Waals surface area (Å²) in [6, 6.07) is 27.2. The Hall–Kier alpha value is -1.77. The summed E-state index contributed by atoms with van der Waals surface area (Å²) < 4.78 is 6.93. The first-order valence-electron chi connectivity index (χ1n) is 11.7. The number of allylic oxidation sites excluding steroid dienone is 2. The molecule has 2 atom stereocenters. The van der Waals surface area contributed by atoms with Gasteiger partial charge in [-0.15, -0.1) is 0 Å². The molecule has 0 heterocycles. The summed E-state index contributed by atoms with van der Waals surface area (Å²) in [4.78, 5) is 0. The molecule has 0 nitrogen and oxygen atoms in total. The predicted octanol–water partition coefficient (Wildman–Crippen LogP) is 8.35. The number of hydrogen-bond donors (Lipinski definition) is 0. The van der Waals surface area contributed by atoms with Crippen LogP contribution in [0, 0.1) is 0 Å². The van der Waals surface area contributed by atoms with Crippen molar-refractivity contribution in [2.24, 2.45) is 0 Å². The Morgan fingerprint density at radius 2 is 1.45 bits per heavy atom. The summed E-state index contributed by atoms with van der Waals surface area (Å²) in [7, 11) is 0. The molecule has 0 N–H and O–H groups in total. The summed E-state index contributed by atoms with van der Waals surface area (Å²) in [5.41, 5.74) is 10.5. The molecular formula is C29H33HfSi. The van der Waals surface area contributed by atoms with E-state index < -0.39 is 23.7 Å². The van der Waals surface area contributed by atoms with E-state index in [1.165, 1.54) is 22.3 Å². The van der Waals surface area contributed by atoms with E-state index >= 15 is 0 Å². The van der Waals surface area contributed by atoms with Gasteiger partial charge in [0.05, 0.1) is 0 Å². The maximum absolute atomic E-state index is 3.49. The zero-order chi connectivity index (χ0) is 21.8. The van der Waals surface area contributed by atoms with Crippen LogP contribution in [-0.2, 0) is 17.7 Å². The number of rotatable bonds is 4. The molecule has 2 unspecified atom stereocenters. The molecule has 0 saturated carbocycles. The van der Waals surface area contributed by atoms with E-state index in [9.17, 15) is 0 Å². The van der Waals surface area contributed by atoms with E-state index in [0.717, 1.165) is 0 Å². The van der Waals surface area contributed by atoms with E-state index in [2.05, 4.69) is 120 Å². The molecule has 0 bridgehead atoms. The molecule has 157 valence electrons. The number of benzene rings is 3. The van der Waals surface area contributed by atoms with Crippen LogP contribution in [0.25, 0.3) is 23.3 Å². The Kier molecular flexibility index (Phi) is 5.03. The Labute approximate surface area is 189 Å². The average molecular weight is 588 g/mol. The fourth-order valence-electron chi connectivity index (χ4n) is 6.56. The first-order valence-corrected chi connectivity index (χ1v) is 32.1. The van der Waals surface area contributed by atoms with Crippen molar-refractivity contribution in [1.82, 2.24) is 0 Å². The Morgan fingerprint density at radius 1 is 0.774 bits per heavy atom. The molecule has 5 rings (SSSR count). The zero-order valence-corrected chi connectivity index (χ0v) is 24.1. The van der Waals surface area contributed by atoms with Crippen molar-refractivity contribution in [2.75, 3.05) is 0 Å². The van der Waals surface area contributed by atoms with Crippen molar-refractivity contribution in [2.45, 2.75) is 36.7 Å². The molecule has 0 fully saturated rings. The SMILES string of the molecule is CC1=Cc2ccccc2[CH]1[Hf]([CH3])([CH3])([CH]1C=Cc2c(-c3ccccc3)cccc21)[SiH](C)C. The molecule has 0 saturated heterocycles. The second-order valence-corrected chi connectivity index (χ2v) is 64.5. The van der Waals surface area contributed by atoms with Gasteiger partial charge in [-0.2, -0.15) is 0 Å². The summed E-state index contributed by atoms with van der Waals surface area (Å²) in [6.07, 6.45) is 7.56. The van der Waals surface area contributed by atoms with E-state index in [-0.39, 0.29) is 0 Å². The van der Waals surface area contributed by atoms with Gasteiger partial charge in [0.1, 0.15) is 0 Å². The van der Waals surface area contributed by atoms with Crippen LogP contribution < -0.4 is 0 Å². The summed E-state index contributed by atoms with van der Waals surface area (Å²) in [5, 5.41) is 0. The van der Waals surface area contributed by atoms with Crippen molar-refractivity contribution < 1.29 is 17.7 Å². The van der Waals surface area contributed by atoms with Gasteiger partial charge in [-0.25, -0.2) is 0 Å². The zero-order valence-electron chi connectivity index (χ0n) is 19.4. The van der Waals surface area contributed by atoms with Crippen LogP contribution >= 0.6 is 0 Å². The molecule has 2 aliphatic carbocycles. The molecule has 0 spiro atoms. The van der Waals surface area contributed by atoms with E-state index in [0.29, 0.717) is 7.35 Å². The molecular weight excluding hydrogens is 555 g/mol. The fourth-order valence-corrected chi connectivity index (χ4v) is 47.0. The quantitative estimate of drug-likeness (QED) is 0.269. The van der Waals surface area contributed by atoms with Gasteiger partial charge in [-0.3, -0.25) is 0 Å². The van der Waals surface area contributed by atoms with Crippen LogP contribution in [-0.4, -0.2) is 5.98 Å². The van der Waals surface area contributed by atoms with Gasteiger partial charge in [-0.05, 0) is 0 Å². The number of hydrogen-bond acceptors (Lipinski definition) is 0. The van der Waals surface area contributed by atoms with Gasteiger partial charge in [0.25, 0.3) is 0 Å². The summed E-state index contributed by atoms with van der Waals surface area (Å²) >= 11 is -3.49. The first-order chi connectivity index (χ1) is 14.8. The molecule has 0 amide bonds. The van der Waals surface area contributed by atoms with Crippen LogP contribution in [0.4, 0.5) is 0 Å². The van der Waals surface area contributed by atoms with Gasteiger partial charge in [0, 0.05) is 0 Å². The predicted molar refractivity (Wildman–Crippen MR) is 137 cm³/mol. The van der Waals surface area contributed by atoms with E-state index in [1.54, 1.807) is 16.7 Å². The molecule has 0 radical (unpaired) electrons. The minimum absolute atomic E-state index is 0.627. The van der Waals surface area contributed by atoms with Gasteiger partial charge in [0.2, 0.25) is 0 Å².